The molecule has 2 rings (SSSR count). The lowest BCUT2D eigenvalue weighted by Gasteiger charge is -2.10. The van der Waals surface area contributed by atoms with E-state index >= 15 is 0 Å². The number of hydrogen-bond donors (Lipinski definition) is 2. The standard InChI is InChI=1S/C14H12BrIN2O/c15-10-5-6-12(16)11(7-10)14(19)18-13-4-2-1-3-9(13)8-17/h1-7H,8,17H2,(H,18,19). The van der Waals surface area contributed by atoms with Gasteiger partial charge in [-0.1, -0.05) is 34.1 Å². The van der Waals surface area contributed by atoms with Gasteiger partial charge in [-0.2, -0.15) is 0 Å². The van der Waals surface area contributed by atoms with E-state index in [2.05, 4.69) is 43.8 Å². The minimum Gasteiger partial charge on any atom is -0.326 e. The van der Waals surface area contributed by atoms with E-state index < -0.39 is 0 Å². The Morgan fingerprint density at radius 3 is 2.74 bits per heavy atom. The number of para-hydroxylation sites is 1. The first-order valence-corrected chi connectivity index (χ1v) is 7.53. The van der Waals surface area contributed by atoms with Crippen LogP contribution in [-0.2, 0) is 6.54 Å². The van der Waals surface area contributed by atoms with Crippen molar-refractivity contribution in [1.29, 1.82) is 0 Å². The van der Waals surface area contributed by atoms with Crippen LogP contribution in [0.3, 0.4) is 0 Å². The number of hydrogen-bond acceptors (Lipinski definition) is 2. The van der Waals surface area contributed by atoms with Crippen molar-refractivity contribution < 1.29 is 4.79 Å². The first-order valence-electron chi connectivity index (χ1n) is 5.66. The average Bonchev–Trinajstić information content (AvgIpc) is 2.42. The Kier molecular flexibility index (Phi) is 4.95. The fourth-order valence-electron chi connectivity index (χ4n) is 1.68. The molecule has 2 aromatic carbocycles. The average molecular weight is 431 g/mol. The van der Waals surface area contributed by atoms with Gasteiger partial charge in [0.2, 0.25) is 0 Å². The van der Waals surface area contributed by atoms with Crippen LogP contribution in [0.15, 0.2) is 46.9 Å². The Morgan fingerprint density at radius 2 is 2.00 bits per heavy atom. The molecular formula is C14H12BrIN2O. The third kappa shape index (κ3) is 3.55. The first-order chi connectivity index (χ1) is 9.11. The second kappa shape index (κ2) is 6.49. The lowest BCUT2D eigenvalue weighted by atomic mass is 10.1. The fraction of sp³-hybridized carbons (Fsp3) is 0.0714. The van der Waals surface area contributed by atoms with Gasteiger partial charge in [-0.3, -0.25) is 4.79 Å². The van der Waals surface area contributed by atoms with Crippen LogP contribution in [0, 0.1) is 3.57 Å². The number of carbonyl (C=O) groups excluding carboxylic acids is 1. The number of rotatable bonds is 3. The topological polar surface area (TPSA) is 55.1 Å². The van der Waals surface area contributed by atoms with Crippen molar-refractivity contribution in [2.24, 2.45) is 5.73 Å². The van der Waals surface area contributed by atoms with Gasteiger partial charge in [0.15, 0.2) is 0 Å². The minimum absolute atomic E-state index is 0.133. The van der Waals surface area contributed by atoms with Crippen molar-refractivity contribution in [3.63, 3.8) is 0 Å². The summed E-state index contributed by atoms with van der Waals surface area (Å²) in [6.45, 7) is 0.395. The van der Waals surface area contributed by atoms with Gasteiger partial charge >= 0.3 is 0 Å². The molecular weight excluding hydrogens is 419 g/mol. The zero-order valence-corrected chi connectivity index (χ0v) is 13.7. The number of nitrogens with two attached hydrogens (primary N) is 1. The molecule has 0 saturated heterocycles. The second-order valence-corrected chi connectivity index (χ2v) is 6.02. The van der Waals surface area contributed by atoms with Crippen molar-refractivity contribution >= 4 is 50.1 Å². The summed E-state index contributed by atoms with van der Waals surface area (Å²) in [6.07, 6.45) is 0. The Morgan fingerprint density at radius 1 is 1.26 bits per heavy atom. The summed E-state index contributed by atoms with van der Waals surface area (Å²) in [5.41, 5.74) is 7.97. The predicted molar refractivity (Wildman–Crippen MR) is 89.1 cm³/mol. The number of benzene rings is 2. The summed E-state index contributed by atoms with van der Waals surface area (Å²) in [7, 11) is 0. The normalized spacial score (nSPS) is 10.3. The van der Waals surface area contributed by atoms with E-state index in [4.69, 9.17) is 5.73 Å². The van der Waals surface area contributed by atoms with E-state index in [9.17, 15) is 4.79 Å². The molecule has 19 heavy (non-hydrogen) atoms. The number of nitrogens with one attached hydrogen (secondary N) is 1. The zero-order valence-electron chi connectivity index (χ0n) is 9.99. The number of halogens is 2. The summed E-state index contributed by atoms with van der Waals surface area (Å²) in [5.74, 6) is -0.133. The van der Waals surface area contributed by atoms with E-state index in [1.54, 1.807) is 0 Å². The van der Waals surface area contributed by atoms with Crippen LogP contribution in [0.1, 0.15) is 15.9 Å². The molecule has 1 amide bonds. The van der Waals surface area contributed by atoms with E-state index in [1.807, 2.05) is 42.5 Å². The third-order valence-corrected chi connectivity index (χ3v) is 4.09. The predicted octanol–water partition coefficient (Wildman–Crippen LogP) is 3.76. The SMILES string of the molecule is NCc1ccccc1NC(=O)c1cc(Br)ccc1I. The molecule has 2 aromatic rings. The highest BCUT2D eigenvalue weighted by Crippen LogP contribution is 2.21. The molecule has 0 unspecified atom stereocenters. The van der Waals surface area contributed by atoms with Gasteiger partial charge < -0.3 is 11.1 Å². The molecule has 0 bridgehead atoms. The van der Waals surface area contributed by atoms with Crippen LogP contribution in [-0.4, -0.2) is 5.91 Å². The Bertz CT molecular complexity index is 616. The Balaban J connectivity index is 2.28. The molecule has 0 aliphatic rings. The van der Waals surface area contributed by atoms with E-state index in [0.717, 1.165) is 19.3 Å². The van der Waals surface area contributed by atoms with Crippen LogP contribution in [0.2, 0.25) is 0 Å². The van der Waals surface area contributed by atoms with Crippen molar-refractivity contribution in [2.75, 3.05) is 5.32 Å². The van der Waals surface area contributed by atoms with E-state index in [-0.39, 0.29) is 5.91 Å². The highest BCUT2D eigenvalue weighted by atomic mass is 127. The fourth-order valence-corrected chi connectivity index (χ4v) is 2.62. The van der Waals surface area contributed by atoms with Gasteiger partial charge in [-0.25, -0.2) is 0 Å². The largest absolute Gasteiger partial charge is 0.326 e. The minimum atomic E-state index is -0.133. The van der Waals surface area contributed by atoms with Crippen LogP contribution < -0.4 is 11.1 Å². The van der Waals surface area contributed by atoms with Crippen molar-refractivity contribution in [1.82, 2.24) is 0 Å². The summed E-state index contributed by atoms with van der Waals surface area (Å²) < 4.78 is 1.79. The molecule has 0 radical (unpaired) electrons. The zero-order chi connectivity index (χ0) is 13.8. The number of amides is 1. The van der Waals surface area contributed by atoms with Crippen LogP contribution in [0.5, 0.6) is 0 Å². The number of carbonyl (C=O) groups is 1. The number of anilines is 1. The monoisotopic (exact) mass is 430 g/mol. The molecule has 0 aromatic heterocycles. The molecule has 98 valence electrons. The molecule has 0 atom stereocenters. The summed E-state index contributed by atoms with van der Waals surface area (Å²) in [4.78, 5) is 12.3. The van der Waals surface area contributed by atoms with Crippen LogP contribution >= 0.6 is 38.5 Å². The van der Waals surface area contributed by atoms with Gasteiger partial charge in [-0.05, 0) is 52.4 Å². The summed E-state index contributed by atoms with van der Waals surface area (Å²) in [6, 6.07) is 13.1. The van der Waals surface area contributed by atoms with Gasteiger partial charge in [0.05, 0.1) is 5.56 Å². The lowest BCUT2D eigenvalue weighted by molar-refractivity contribution is 0.102. The van der Waals surface area contributed by atoms with Gasteiger partial charge in [0.25, 0.3) is 5.91 Å². The summed E-state index contributed by atoms with van der Waals surface area (Å²) >= 11 is 5.52. The maximum atomic E-state index is 12.3. The van der Waals surface area contributed by atoms with Crippen molar-refractivity contribution in [3.8, 4) is 0 Å². The molecule has 0 aliphatic carbocycles. The second-order valence-electron chi connectivity index (χ2n) is 3.94. The first kappa shape index (κ1) is 14.5. The third-order valence-electron chi connectivity index (χ3n) is 2.66. The van der Waals surface area contributed by atoms with Gasteiger partial charge in [-0.15, -0.1) is 0 Å². The molecule has 0 fully saturated rings. The van der Waals surface area contributed by atoms with Crippen LogP contribution in [0.25, 0.3) is 0 Å². The summed E-state index contributed by atoms with van der Waals surface area (Å²) in [5, 5.41) is 2.90. The van der Waals surface area contributed by atoms with Crippen molar-refractivity contribution in [3.05, 3.63) is 61.6 Å². The lowest BCUT2D eigenvalue weighted by Crippen LogP contribution is -2.15. The highest BCUT2D eigenvalue weighted by molar-refractivity contribution is 14.1. The molecule has 3 N–H and O–H groups in total. The van der Waals surface area contributed by atoms with Gasteiger partial charge in [0.1, 0.15) is 0 Å². The molecule has 0 spiro atoms. The molecule has 0 aliphatic heterocycles. The smallest absolute Gasteiger partial charge is 0.256 e. The van der Waals surface area contributed by atoms with Crippen molar-refractivity contribution in [2.45, 2.75) is 6.54 Å². The molecule has 0 heterocycles. The highest BCUT2D eigenvalue weighted by Gasteiger charge is 2.12. The quantitative estimate of drug-likeness (QED) is 0.728. The Hall–Kier alpha value is -0.920. The van der Waals surface area contributed by atoms with E-state index in [0.29, 0.717) is 12.1 Å². The van der Waals surface area contributed by atoms with E-state index in [1.165, 1.54) is 0 Å². The molecule has 0 saturated carbocycles. The molecule has 5 heteroatoms. The Labute approximate surface area is 133 Å². The maximum absolute atomic E-state index is 12.3. The van der Waals surface area contributed by atoms with Crippen LogP contribution in [0.4, 0.5) is 5.69 Å². The molecule has 3 nitrogen and oxygen atoms in total. The van der Waals surface area contributed by atoms with Gasteiger partial charge in [0, 0.05) is 20.3 Å². The maximum Gasteiger partial charge on any atom is 0.256 e.